The fourth-order valence-corrected chi connectivity index (χ4v) is 1.48. The number of ether oxygens (including phenoxy) is 1. The van der Waals surface area contributed by atoms with Crippen molar-refractivity contribution in [2.24, 2.45) is 0 Å². The minimum absolute atomic E-state index is 0.694. The zero-order valence-electron chi connectivity index (χ0n) is 8.66. The maximum atomic E-state index is 5.65. The first-order valence-electron chi connectivity index (χ1n) is 4.69. The molecule has 0 atom stereocenters. The van der Waals surface area contributed by atoms with Gasteiger partial charge in [0.25, 0.3) is 0 Å². The molecule has 0 aromatic heterocycles. The van der Waals surface area contributed by atoms with E-state index in [0.717, 1.165) is 24.4 Å². The first kappa shape index (κ1) is 11.2. The number of halogens is 1. The van der Waals surface area contributed by atoms with Crippen molar-refractivity contribution in [3.05, 3.63) is 24.3 Å². The van der Waals surface area contributed by atoms with Gasteiger partial charge in [-0.25, -0.2) is 0 Å². The molecule has 0 heterocycles. The lowest BCUT2D eigenvalue weighted by atomic mass is 10.2. The molecule has 3 heteroatoms. The Kier molecular flexibility index (Phi) is 4.60. The summed E-state index contributed by atoms with van der Waals surface area (Å²) in [7, 11) is 3.73. The second-order valence-electron chi connectivity index (χ2n) is 3.14. The predicted molar refractivity (Wildman–Crippen MR) is 61.6 cm³/mol. The van der Waals surface area contributed by atoms with Crippen LogP contribution in [0, 0.1) is 0 Å². The highest BCUT2D eigenvalue weighted by Crippen LogP contribution is 2.26. The molecule has 0 radical (unpaired) electrons. The lowest BCUT2D eigenvalue weighted by Crippen LogP contribution is -2.19. The highest BCUT2D eigenvalue weighted by atomic mass is 35.5. The van der Waals surface area contributed by atoms with Crippen molar-refractivity contribution in [3.63, 3.8) is 0 Å². The van der Waals surface area contributed by atoms with E-state index < -0.39 is 0 Å². The summed E-state index contributed by atoms with van der Waals surface area (Å²) in [4.78, 5) is 2.15. The second kappa shape index (κ2) is 5.76. The Morgan fingerprint density at radius 2 is 2.07 bits per heavy atom. The second-order valence-corrected chi connectivity index (χ2v) is 3.51. The van der Waals surface area contributed by atoms with Crippen molar-refractivity contribution in [1.29, 1.82) is 0 Å². The van der Waals surface area contributed by atoms with Crippen LogP contribution in [0.5, 0.6) is 5.75 Å². The number of nitrogens with zero attached hydrogens (tertiary/aromatic N) is 1. The zero-order valence-corrected chi connectivity index (χ0v) is 9.42. The highest BCUT2D eigenvalue weighted by molar-refractivity contribution is 6.17. The molecule has 0 saturated carbocycles. The summed E-state index contributed by atoms with van der Waals surface area (Å²) < 4.78 is 5.27. The Hall–Kier alpha value is -0.890. The monoisotopic (exact) mass is 213 g/mol. The molecule has 0 aliphatic heterocycles. The average molecular weight is 214 g/mol. The van der Waals surface area contributed by atoms with Crippen molar-refractivity contribution in [1.82, 2.24) is 0 Å². The number of benzene rings is 1. The Morgan fingerprint density at radius 1 is 1.36 bits per heavy atom. The van der Waals surface area contributed by atoms with E-state index >= 15 is 0 Å². The van der Waals surface area contributed by atoms with Gasteiger partial charge in [-0.15, -0.1) is 11.6 Å². The van der Waals surface area contributed by atoms with Crippen molar-refractivity contribution < 1.29 is 4.74 Å². The van der Waals surface area contributed by atoms with Gasteiger partial charge >= 0.3 is 0 Å². The Bertz CT molecular complexity index is 278. The quantitative estimate of drug-likeness (QED) is 0.698. The van der Waals surface area contributed by atoms with Crippen molar-refractivity contribution in [3.8, 4) is 5.75 Å². The molecule has 78 valence electrons. The van der Waals surface area contributed by atoms with Gasteiger partial charge in [-0.2, -0.15) is 0 Å². The molecule has 14 heavy (non-hydrogen) atoms. The van der Waals surface area contributed by atoms with Gasteiger partial charge in [0, 0.05) is 19.5 Å². The van der Waals surface area contributed by atoms with Crippen LogP contribution in [0.4, 0.5) is 5.69 Å². The van der Waals surface area contributed by atoms with Gasteiger partial charge in [-0.1, -0.05) is 12.1 Å². The smallest absolute Gasteiger partial charge is 0.142 e. The molecule has 0 fully saturated rings. The minimum atomic E-state index is 0.694. The lowest BCUT2D eigenvalue weighted by Gasteiger charge is -2.20. The van der Waals surface area contributed by atoms with Gasteiger partial charge < -0.3 is 9.64 Å². The molecule has 0 spiro atoms. The third kappa shape index (κ3) is 2.81. The highest BCUT2D eigenvalue weighted by Gasteiger charge is 2.05. The van der Waals surface area contributed by atoms with E-state index in [2.05, 4.69) is 4.90 Å². The van der Waals surface area contributed by atoms with Crippen molar-refractivity contribution >= 4 is 17.3 Å². The SMILES string of the molecule is COc1ccccc1N(C)CCCCl. The molecular formula is C11H16ClNO. The van der Waals surface area contributed by atoms with Crippen LogP contribution in [-0.4, -0.2) is 26.6 Å². The maximum Gasteiger partial charge on any atom is 0.142 e. The third-order valence-electron chi connectivity index (χ3n) is 2.12. The summed E-state index contributed by atoms with van der Waals surface area (Å²) in [5.74, 6) is 1.60. The summed E-state index contributed by atoms with van der Waals surface area (Å²) in [5, 5.41) is 0. The van der Waals surface area contributed by atoms with Crippen LogP contribution in [0.15, 0.2) is 24.3 Å². The van der Waals surface area contributed by atoms with Gasteiger partial charge in [0.15, 0.2) is 0 Å². The molecule has 0 bridgehead atoms. The number of alkyl halides is 1. The van der Waals surface area contributed by atoms with Crippen LogP contribution < -0.4 is 9.64 Å². The van der Waals surface area contributed by atoms with E-state index in [1.807, 2.05) is 31.3 Å². The standard InChI is InChI=1S/C11H16ClNO/c1-13(9-5-8-12)10-6-3-4-7-11(10)14-2/h3-4,6-7H,5,8-9H2,1-2H3. The van der Waals surface area contributed by atoms with Crippen LogP contribution in [0.3, 0.4) is 0 Å². The number of methoxy groups -OCH3 is 1. The first-order chi connectivity index (χ1) is 6.79. The molecule has 0 aliphatic carbocycles. The zero-order chi connectivity index (χ0) is 10.4. The average Bonchev–Trinajstić information content (AvgIpc) is 2.25. The van der Waals surface area contributed by atoms with Gasteiger partial charge in [-0.05, 0) is 18.6 Å². The third-order valence-corrected chi connectivity index (χ3v) is 2.39. The van der Waals surface area contributed by atoms with Crippen LogP contribution in [0.25, 0.3) is 0 Å². The predicted octanol–water partition coefficient (Wildman–Crippen LogP) is 2.76. The summed E-state index contributed by atoms with van der Waals surface area (Å²) in [6, 6.07) is 7.99. The molecule has 1 aromatic rings. The lowest BCUT2D eigenvalue weighted by molar-refractivity contribution is 0.415. The van der Waals surface area contributed by atoms with E-state index in [9.17, 15) is 0 Å². The number of rotatable bonds is 5. The van der Waals surface area contributed by atoms with Crippen LogP contribution in [-0.2, 0) is 0 Å². The molecule has 0 unspecified atom stereocenters. The van der Waals surface area contributed by atoms with Crippen molar-refractivity contribution in [2.45, 2.75) is 6.42 Å². The number of hydrogen-bond donors (Lipinski definition) is 0. The number of hydrogen-bond acceptors (Lipinski definition) is 2. The Morgan fingerprint density at radius 3 is 2.71 bits per heavy atom. The van der Waals surface area contributed by atoms with E-state index in [1.54, 1.807) is 7.11 Å². The fourth-order valence-electron chi connectivity index (χ4n) is 1.36. The van der Waals surface area contributed by atoms with E-state index in [4.69, 9.17) is 16.3 Å². The summed E-state index contributed by atoms with van der Waals surface area (Å²) >= 11 is 5.65. The maximum absolute atomic E-state index is 5.65. The molecule has 1 aromatic carbocycles. The summed E-state index contributed by atoms with van der Waals surface area (Å²) in [6.45, 7) is 0.948. The Balaban J connectivity index is 2.72. The largest absolute Gasteiger partial charge is 0.495 e. The van der Waals surface area contributed by atoms with E-state index in [1.165, 1.54) is 0 Å². The fraction of sp³-hybridized carbons (Fsp3) is 0.455. The summed E-state index contributed by atoms with van der Waals surface area (Å²) in [6.07, 6.45) is 0.982. The van der Waals surface area contributed by atoms with Crippen LogP contribution >= 0.6 is 11.6 Å². The Labute approximate surface area is 90.4 Å². The molecule has 2 nitrogen and oxygen atoms in total. The molecule has 0 amide bonds. The number of anilines is 1. The molecule has 0 N–H and O–H groups in total. The van der Waals surface area contributed by atoms with Gasteiger partial charge in [-0.3, -0.25) is 0 Å². The minimum Gasteiger partial charge on any atom is -0.495 e. The molecule has 0 aliphatic rings. The normalized spacial score (nSPS) is 9.93. The van der Waals surface area contributed by atoms with Gasteiger partial charge in [0.1, 0.15) is 5.75 Å². The van der Waals surface area contributed by atoms with Crippen molar-refractivity contribution in [2.75, 3.05) is 31.5 Å². The van der Waals surface area contributed by atoms with Crippen LogP contribution in [0.2, 0.25) is 0 Å². The van der Waals surface area contributed by atoms with E-state index in [-0.39, 0.29) is 0 Å². The summed E-state index contributed by atoms with van der Waals surface area (Å²) in [5.41, 5.74) is 1.11. The molecule has 1 rings (SSSR count). The number of para-hydroxylation sites is 2. The molecule has 0 saturated heterocycles. The topological polar surface area (TPSA) is 12.5 Å². The van der Waals surface area contributed by atoms with Crippen LogP contribution in [0.1, 0.15) is 6.42 Å². The van der Waals surface area contributed by atoms with Gasteiger partial charge in [0.2, 0.25) is 0 Å². The first-order valence-corrected chi connectivity index (χ1v) is 5.23. The van der Waals surface area contributed by atoms with Gasteiger partial charge in [0.05, 0.1) is 12.8 Å². The van der Waals surface area contributed by atoms with E-state index in [0.29, 0.717) is 5.88 Å². The molecular weight excluding hydrogens is 198 g/mol.